The molecule has 2 amide bonds. The standard InChI is InChI=1S/C14H30N4OS/c1-13(2,3)10-14(4,5)20-9-7-6-8-17-11(15)18-12(16)19/h6-10H2,1-5H3,(H5,15,16,17,18,19). The summed E-state index contributed by atoms with van der Waals surface area (Å²) in [6.45, 7) is 12.0. The molecule has 0 rings (SSSR count). The van der Waals surface area contributed by atoms with E-state index in [2.05, 4.69) is 44.9 Å². The molecule has 6 heteroatoms. The highest BCUT2D eigenvalue weighted by molar-refractivity contribution is 8.00. The van der Waals surface area contributed by atoms with Crippen LogP contribution in [-0.4, -0.2) is 29.0 Å². The first-order chi connectivity index (χ1) is 9.02. The zero-order valence-corrected chi connectivity index (χ0v) is 14.3. The number of rotatable bonds is 7. The Kier molecular flexibility index (Phi) is 8.01. The van der Waals surface area contributed by atoms with Crippen LogP contribution in [0.25, 0.3) is 0 Å². The summed E-state index contributed by atoms with van der Waals surface area (Å²) in [6, 6.07) is -0.675. The van der Waals surface area contributed by atoms with Crippen molar-refractivity contribution in [3.05, 3.63) is 0 Å². The molecule has 0 fully saturated rings. The van der Waals surface area contributed by atoms with E-state index in [1.165, 1.54) is 6.42 Å². The summed E-state index contributed by atoms with van der Waals surface area (Å²) in [4.78, 5) is 14.5. The molecule has 0 aliphatic rings. The maximum absolute atomic E-state index is 10.5. The number of carbonyl (C=O) groups is 1. The van der Waals surface area contributed by atoms with Gasteiger partial charge in [0.15, 0.2) is 5.96 Å². The highest BCUT2D eigenvalue weighted by Crippen LogP contribution is 2.36. The van der Waals surface area contributed by atoms with Crippen molar-refractivity contribution in [2.45, 2.75) is 58.6 Å². The number of nitrogens with zero attached hydrogens (tertiary/aromatic N) is 1. The van der Waals surface area contributed by atoms with Gasteiger partial charge in [0.2, 0.25) is 0 Å². The fraction of sp³-hybridized carbons (Fsp3) is 0.857. The van der Waals surface area contributed by atoms with E-state index >= 15 is 0 Å². The van der Waals surface area contributed by atoms with Crippen LogP contribution in [0.15, 0.2) is 4.99 Å². The van der Waals surface area contributed by atoms with Crippen molar-refractivity contribution in [1.82, 2.24) is 5.32 Å². The molecular weight excluding hydrogens is 272 g/mol. The Balaban J connectivity index is 3.79. The lowest BCUT2D eigenvalue weighted by Gasteiger charge is -2.32. The van der Waals surface area contributed by atoms with Crippen LogP contribution in [0.5, 0.6) is 0 Å². The molecule has 0 unspecified atom stereocenters. The third-order valence-corrected chi connectivity index (χ3v) is 3.95. The maximum atomic E-state index is 10.5. The summed E-state index contributed by atoms with van der Waals surface area (Å²) in [7, 11) is 0. The van der Waals surface area contributed by atoms with Gasteiger partial charge in [0.05, 0.1) is 0 Å². The van der Waals surface area contributed by atoms with Crippen LogP contribution in [0.2, 0.25) is 0 Å². The van der Waals surface area contributed by atoms with Gasteiger partial charge in [0.25, 0.3) is 0 Å². The Morgan fingerprint density at radius 1 is 1.15 bits per heavy atom. The molecule has 5 N–H and O–H groups in total. The van der Waals surface area contributed by atoms with E-state index in [9.17, 15) is 4.79 Å². The highest BCUT2D eigenvalue weighted by Gasteiger charge is 2.25. The number of hydrogen-bond acceptors (Lipinski definition) is 3. The first-order valence-electron chi connectivity index (χ1n) is 7.02. The minimum Gasteiger partial charge on any atom is -0.370 e. The van der Waals surface area contributed by atoms with Gasteiger partial charge in [0.1, 0.15) is 0 Å². The van der Waals surface area contributed by atoms with Crippen LogP contribution in [0.1, 0.15) is 53.9 Å². The number of nitrogens with one attached hydrogen (secondary N) is 1. The molecule has 0 aliphatic heterocycles. The molecule has 0 aromatic heterocycles. The number of amides is 2. The maximum Gasteiger partial charge on any atom is 0.318 e. The minimum atomic E-state index is -0.675. The van der Waals surface area contributed by atoms with Gasteiger partial charge < -0.3 is 11.5 Å². The van der Waals surface area contributed by atoms with Crippen LogP contribution in [-0.2, 0) is 0 Å². The molecule has 0 saturated carbocycles. The number of carbonyl (C=O) groups excluding carboxylic acids is 1. The van der Waals surface area contributed by atoms with Crippen molar-refractivity contribution in [1.29, 1.82) is 0 Å². The Bertz CT molecular complexity index is 335. The van der Waals surface area contributed by atoms with Gasteiger partial charge >= 0.3 is 6.03 Å². The van der Waals surface area contributed by atoms with Crippen LogP contribution in [0.3, 0.4) is 0 Å². The second-order valence-corrected chi connectivity index (χ2v) is 8.61. The lowest BCUT2D eigenvalue weighted by molar-refractivity contribution is 0.253. The SMILES string of the molecule is CC(C)(C)CC(C)(C)SCCCCN=C(N)NC(N)=O. The molecule has 0 aliphatic carbocycles. The summed E-state index contributed by atoms with van der Waals surface area (Å²) in [5.41, 5.74) is 10.7. The van der Waals surface area contributed by atoms with E-state index in [1.54, 1.807) is 0 Å². The van der Waals surface area contributed by atoms with Gasteiger partial charge in [-0.15, -0.1) is 0 Å². The zero-order chi connectivity index (χ0) is 15.8. The number of nitrogens with two attached hydrogens (primary N) is 2. The van der Waals surface area contributed by atoms with Gasteiger partial charge in [-0.1, -0.05) is 34.6 Å². The fourth-order valence-corrected chi connectivity index (χ4v) is 3.69. The van der Waals surface area contributed by atoms with E-state index < -0.39 is 6.03 Å². The summed E-state index contributed by atoms with van der Waals surface area (Å²) in [5.74, 6) is 1.21. The second kappa shape index (κ2) is 8.39. The Morgan fingerprint density at radius 2 is 1.75 bits per heavy atom. The molecule has 0 saturated heterocycles. The van der Waals surface area contributed by atoms with Crippen LogP contribution in [0.4, 0.5) is 4.79 Å². The van der Waals surface area contributed by atoms with Gasteiger partial charge in [-0.2, -0.15) is 11.8 Å². The third kappa shape index (κ3) is 12.1. The summed E-state index contributed by atoms with van der Waals surface area (Å²) in [5, 5.41) is 2.25. The first kappa shape index (κ1) is 19.1. The van der Waals surface area contributed by atoms with Crippen molar-refractivity contribution in [3.63, 3.8) is 0 Å². The predicted molar refractivity (Wildman–Crippen MR) is 89.1 cm³/mol. The average Bonchev–Trinajstić information content (AvgIpc) is 2.18. The van der Waals surface area contributed by atoms with Crippen molar-refractivity contribution < 1.29 is 4.79 Å². The van der Waals surface area contributed by atoms with Gasteiger partial charge in [-0.05, 0) is 30.4 Å². The predicted octanol–water partition coefficient (Wildman–Crippen LogP) is 2.70. The first-order valence-corrected chi connectivity index (χ1v) is 8.01. The highest BCUT2D eigenvalue weighted by atomic mass is 32.2. The molecule has 0 atom stereocenters. The molecule has 20 heavy (non-hydrogen) atoms. The van der Waals surface area contributed by atoms with Crippen molar-refractivity contribution in [2.75, 3.05) is 12.3 Å². The van der Waals surface area contributed by atoms with Crippen LogP contribution in [0, 0.1) is 5.41 Å². The summed E-state index contributed by atoms with van der Waals surface area (Å²) < 4.78 is 0.300. The number of primary amides is 1. The molecule has 0 heterocycles. The van der Waals surface area contributed by atoms with E-state index in [4.69, 9.17) is 11.5 Å². The molecule has 0 aromatic carbocycles. The van der Waals surface area contributed by atoms with E-state index in [0.29, 0.717) is 16.7 Å². The monoisotopic (exact) mass is 302 g/mol. The molecule has 5 nitrogen and oxygen atoms in total. The Morgan fingerprint density at radius 3 is 2.25 bits per heavy atom. The Hall–Kier alpha value is -0.910. The zero-order valence-electron chi connectivity index (χ0n) is 13.5. The lowest BCUT2D eigenvalue weighted by atomic mass is 9.86. The largest absolute Gasteiger partial charge is 0.370 e. The number of hydrogen-bond donors (Lipinski definition) is 3. The summed E-state index contributed by atoms with van der Waals surface area (Å²) in [6.07, 6.45) is 3.24. The average molecular weight is 302 g/mol. The van der Waals surface area contributed by atoms with E-state index in [0.717, 1.165) is 18.6 Å². The number of urea groups is 1. The second-order valence-electron chi connectivity index (χ2n) is 6.81. The number of aliphatic imine (C=N–C) groups is 1. The topological polar surface area (TPSA) is 93.5 Å². The number of unbranched alkanes of at least 4 members (excludes halogenated alkanes) is 1. The Labute approximate surface area is 127 Å². The lowest BCUT2D eigenvalue weighted by Crippen LogP contribution is -2.40. The van der Waals surface area contributed by atoms with Gasteiger partial charge in [-0.25, -0.2) is 4.79 Å². The van der Waals surface area contributed by atoms with Crippen molar-refractivity contribution >= 4 is 23.8 Å². The molecule has 0 spiro atoms. The van der Waals surface area contributed by atoms with E-state index in [-0.39, 0.29) is 5.96 Å². The minimum absolute atomic E-state index is 0.0956. The van der Waals surface area contributed by atoms with Crippen LogP contribution >= 0.6 is 11.8 Å². The van der Waals surface area contributed by atoms with Crippen LogP contribution < -0.4 is 16.8 Å². The van der Waals surface area contributed by atoms with E-state index in [1.807, 2.05) is 11.8 Å². The van der Waals surface area contributed by atoms with Gasteiger partial charge in [-0.3, -0.25) is 10.3 Å². The fourth-order valence-electron chi connectivity index (χ4n) is 2.26. The summed E-state index contributed by atoms with van der Waals surface area (Å²) >= 11 is 2.01. The van der Waals surface area contributed by atoms with Gasteiger partial charge in [0, 0.05) is 11.3 Å². The smallest absolute Gasteiger partial charge is 0.318 e. The molecule has 0 radical (unpaired) electrons. The molecule has 0 bridgehead atoms. The normalized spacial score (nSPS) is 13.3. The number of thioether (sulfide) groups is 1. The molecule has 0 aromatic rings. The quantitative estimate of drug-likeness (QED) is 0.383. The van der Waals surface area contributed by atoms with Crippen molar-refractivity contribution in [3.8, 4) is 0 Å². The van der Waals surface area contributed by atoms with Crippen molar-refractivity contribution in [2.24, 2.45) is 21.9 Å². The number of guanidine groups is 1. The molecule has 118 valence electrons. The third-order valence-electron chi connectivity index (χ3n) is 2.53. The molecular formula is C14H30N4OS.